The van der Waals surface area contributed by atoms with Gasteiger partial charge in [0.05, 0.1) is 0 Å². The average molecular weight is 279 g/mol. The summed E-state index contributed by atoms with van der Waals surface area (Å²) in [6, 6.07) is 0.240. The van der Waals surface area contributed by atoms with Crippen molar-refractivity contribution in [2.75, 3.05) is 13.2 Å². The maximum absolute atomic E-state index is 9.16. The molecule has 0 aliphatic carbocycles. The largest absolute Gasteiger partial charge is 0.396 e. The molecule has 0 aliphatic rings. The van der Waals surface area contributed by atoms with Crippen LogP contribution in [0.4, 0.5) is 0 Å². The fourth-order valence-electron chi connectivity index (χ4n) is 2.62. The smallest absolute Gasteiger partial charge is 0.125 e. The van der Waals surface area contributed by atoms with E-state index in [1.807, 2.05) is 20.0 Å². The van der Waals surface area contributed by atoms with Crippen LogP contribution in [0.1, 0.15) is 56.7 Å². The van der Waals surface area contributed by atoms with E-state index < -0.39 is 0 Å². The molecule has 1 heterocycles. The summed E-state index contributed by atoms with van der Waals surface area (Å²) in [6.07, 6.45) is 3.92. The van der Waals surface area contributed by atoms with Crippen molar-refractivity contribution in [1.82, 2.24) is 15.3 Å². The summed E-state index contributed by atoms with van der Waals surface area (Å²) >= 11 is 0. The first kappa shape index (κ1) is 17.1. The summed E-state index contributed by atoms with van der Waals surface area (Å²) in [4.78, 5) is 8.70. The van der Waals surface area contributed by atoms with Gasteiger partial charge in [-0.1, -0.05) is 13.8 Å². The third-order valence-electron chi connectivity index (χ3n) is 3.66. The van der Waals surface area contributed by atoms with Gasteiger partial charge >= 0.3 is 0 Å². The summed E-state index contributed by atoms with van der Waals surface area (Å²) in [7, 11) is 0. The van der Waals surface area contributed by atoms with Crippen LogP contribution in [-0.4, -0.2) is 28.2 Å². The number of hydrogen-bond acceptors (Lipinski definition) is 4. The van der Waals surface area contributed by atoms with Crippen LogP contribution in [-0.2, 0) is 0 Å². The van der Waals surface area contributed by atoms with Gasteiger partial charge in [-0.05, 0) is 52.0 Å². The van der Waals surface area contributed by atoms with Gasteiger partial charge in [-0.3, -0.25) is 0 Å². The van der Waals surface area contributed by atoms with Gasteiger partial charge < -0.3 is 10.4 Å². The van der Waals surface area contributed by atoms with Crippen molar-refractivity contribution >= 4 is 0 Å². The molecule has 114 valence electrons. The Kier molecular flexibility index (Phi) is 7.10. The van der Waals surface area contributed by atoms with E-state index in [2.05, 4.69) is 36.1 Å². The molecule has 2 N–H and O–H groups in total. The predicted octanol–water partition coefficient (Wildman–Crippen LogP) is 2.79. The van der Waals surface area contributed by atoms with E-state index in [1.54, 1.807) is 0 Å². The monoisotopic (exact) mass is 279 g/mol. The topological polar surface area (TPSA) is 58.0 Å². The quantitative estimate of drug-likeness (QED) is 0.768. The highest BCUT2D eigenvalue weighted by Gasteiger charge is 2.14. The number of nitrogens with zero attached hydrogens (tertiary/aromatic N) is 2. The Hall–Kier alpha value is -1.00. The van der Waals surface area contributed by atoms with E-state index in [4.69, 9.17) is 5.11 Å². The first-order valence-electron chi connectivity index (χ1n) is 7.58. The highest BCUT2D eigenvalue weighted by atomic mass is 16.3. The molecule has 0 aliphatic heterocycles. The third kappa shape index (κ3) is 5.55. The van der Waals surface area contributed by atoms with Gasteiger partial charge in [0.25, 0.3) is 0 Å². The number of nitrogens with one attached hydrogen (secondary N) is 1. The van der Waals surface area contributed by atoms with E-state index in [9.17, 15) is 0 Å². The lowest BCUT2D eigenvalue weighted by Crippen LogP contribution is -2.28. The van der Waals surface area contributed by atoms with Gasteiger partial charge in [0.2, 0.25) is 0 Å². The van der Waals surface area contributed by atoms with Crippen molar-refractivity contribution in [3.8, 4) is 0 Å². The van der Waals surface area contributed by atoms with Crippen LogP contribution in [0.15, 0.2) is 6.20 Å². The second-order valence-corrected chi connectivity index (χ2v) is 6.10. The van der Waals surface area contributed by atoms with Crippen molar-refractivity contribution in [2.24, 2.45) is 11.8 Å². The number of aromatic nitrogens is 2. The zero-order valence-electron chi connectivity index (χ0n) is 13.5. The second-order valence-electron chi connectivity index (χ2n) is 6.10. The molecule has 1 rings (SSSR count). The summed E-state index contributed by atoms with van der Waals surface area (Å²) in [5.41, 5.74) is 2.20. The number of aliphatic hydroxyl groups is 1. The van der Waals surface area contributed by atoms with Crippen LogP contribution in [0.5, 0.6) is 0 Å². The molecule has 0 saturated heterocycles. The molecule has 0 spiro atoms. The minimum Gasteiger partial charge on any atom is -0.396 e. The lowest BCUT2D eigenvalue weighted by molar-refractivity contribution is 0.237. The van der Waals surface area contributed by atoms with Crippen LogP contribution in [0, 0.1) is 25.7 Å². The Balaban J connectivity index is 2.57. The van der Waals surface area contributed by atoms with Gasteiger partial charge in [0, 0.05) is 30.1 Å². The highest BCUT2D eigenvalue weighted by molar-refractivity contribution is 5.19. The molecule has 0 saturated carbocycles. The van der Waals surface area contributed by atoms with Crippen molar-refractivity contribution in [3.05, 3.63) is 23.3 Å². The summed E-state index contributed by atoms with van der Waals surface area (Å²) < 4.78 is 0. The standard InChI is InChI=1S/C16H29N3O/c1-11(2)8-15(6-7-20)9-17-12(3)16-10-18-14(5)19-13(16)4/h10-12,15,17,20H,6-9H2,1-5H3. The molecule has 1 aromatic rings. The van der Waals surface area contributed by atoms with Crippen LogP contribution in [0.2, 0.25) is 0 Å². The summed E-state index contributed by atoms with van der Waals surface area (Å²) in [5, 5.41) is 12.7. The molecule has 20 heavy (non-hydrogen) atoms. The first-order chi connectivity index (χ1) is 9.43. The van der Waals surface area contributed by atoms with Crippen molar-refractivity contribution in [3.63, 3.8) is 0 Å². The Labute approximate surface area is 123 Å². The zero-order valence-corrected chi connectivity index (χ0v) is 13.5. The number of hydrogen-bond donors (Lipinski definition) is 2. The zero-order chi connectivity index (χ0) is 15.1. The van der Waals surface area contributed by atoms with Crippen LogP contribution >= 0.6 is 0 Å². The molecule has 2 unspecified atom stereocenters. The lowest BCUT2D eigenvalue weighted by atomic mass is 9.94. The van der Waals surface area contributed by atoms with Gasteiger partial charge in [0.1, 0.15) is 5.82 Å². The highest BCUT2D eigenvalue weighted by Crippen LogP contribution is 2.18. The Morgan fingerprint density at radius 1 is 1.25 bits per heavy atom. The SMILES string of the molecule is Cc1ncc(C(C)NCC(CCO)CC(C)C)c(C)n1. The van der Waals surface area contributed by atoms with Crippen LogP contribution in [0.3, 0.4) is 0 Å². The predicted molar refractivity (Wildman–Crippen MR) is 82.6 cm³/mol. The second kappa shape index (κ2) is 8.32. The molecule has 0 bridgehead atoms. The average Bonchev–Trinajstić information content (AvgIpc) is 2.35. The molecule has 0 aromatic carbocycles. The van der Waals surface area contributed by atoms with Crippen molar-refractivity contribution < 1.29 is 5.11 Å². The van der Waals surface area contributed by atoms with E-state index in [0.29, 0.717) is 11.8 Å². The van der Waals surface area contributed by atoms with Gasteiger partial charge in [-0.15, -0.1) is 0 Å². The maximum atomic E-state index is 9.16. The van der Waals surface area contributed by atoms with Crippen molar-refractivity contribution in [1.29, 1.82) is 0 Å². The van der Waals surface area contributed by atoms with Gasteiger partial charge in [-0.25, -0.2) is 9.97 Å². The molecule has 1 aromatic heterocycles. The molecule has 2 atom stereocenters. The Morgan fingerprint density at radius 2 is 1.95 bits per heavy atom. The molecule has 4 heteroatoms. The molecule has 0 radical (unpaired) electrons. The van der Waals surface area contributed by atoms with Crippen molar-refractivity contribution in [2.45, 2.75) is 53.5 Å². The van der Waals surface area contributed by atoms with Crippen LogP contribution in [0.25, 0.3) is 0 Å². The molecule has 0 amide bonds. The number of aryl methyl sites for hydroxylation is 2. The van der Waals surface area contributed by atoms with E-state index >= 15 is 0 Å². The van der Waals surface area contributed by atoms with Gasteiger partial charge in [0.15, 0.2) is 0 Å². The minimum absolute atomic E-state index is 0.240. The summed E-state index contributed by atoms with van der Waals surface area (Å²) in [6.45, 7) is 11.7. The Morgan fingerprint density at radius 3 is 2.50 bits per heavy atom. The normalized spacial score (nSPS) is 14.6. The maximum Gasteiger partial charge on any atom is 0.125 e. The van der Waals surface area contributed by atoms with E-state index in [0.717, 1.165) is 36.5 Å². The van der Waals surface area contributed by atoms with E-state index in [1.165, 1.54) is 0 Å². The molecule has 4 nitrogen and oxygen atoms in total. The lowest BCUT2D eigenvalue weighted by Gasteiger charge is -2.22. The Bertz CT molecular complexity index is 407. The fourth-order valence-corrected chi connectivity index (χ4v) is 2.62. The first-order valence-corrected chi connectivity index (χ1v) is 7.58. The molecular weight excluding hydrogens is 250 g/mol. The van der Waals surface area contributed by atoms with E-state index in [-0.39, 0.29) is 12.6 Å². The minimum atomic E-state index is 0.240. The molecular formula is C16H29N3O. The number of rotatable bonds is 8. The number of aliphatic hydroxyl groups excluding tert-OH is 1. The molecule has 0 fully saturated rings. The van der Waals surface area contributed by atoms with Crippen LogP contribution < -0.4 is 5.32 Å². The summed E-state index contributed by atoms with van der Waals surface area (Å²) in [5.74, 6) is 2.00. The third-order valence-corrected chi connectivity index (χ3v) is 3.66. The fraction of sp³-hybridized carbons (Fsp3) is 0.750. The van der Waals surface area contributed by atoms with Gasteiger partial charge in [-0.2, -0.15) is 0 Å².